The van der Waals surface area contributed by atoms with E-state index < -0.39 is 0 Å². The fourth-order valence-electron chi connectivity index (χ4n) is 0.879. The summed E-state index contributed by atoms with van der Waals surface area (Å²) in [6.07, 6.45) is 0. The maximum Gasteiger partial charge on any atom is 0.266 e. The van der Waals surface area contributed by atoms with E-state index in [4.69, 9.17) is 11.6 Å². The van der Waals surface area contributed by atoms with E-state index in [1.54, 1.807) is 0 Å². The van der Waals surface area contributed by atoms with E-state index in [1.165, 1.54) is 16.8 Å². The quantitative estimate of drug-likeness (QED) is 0.713. The maximum absolute atomic E-state index is 11.2. The Bertz CT molecular complexity index is 334. The second-order valence-corrected chi connectivity index (χ2v) is 3.41. The van der Waals surface area contributed by atoms with Crippen molar-refractivity contribution < 1.29 is 0 Å². The molecule has 0 aromatic carbocycles. The van der Waals surface area contributed by atoms with Crippen molar-refractivity contribution in [3.8, 4) is 0 Å². The van der Waals surface area contributed by atoms with Crippen molar-refractivity contribution in [2.45, 2.75) is 6.54 Å². The van der Waals surface area contributed by atoms with Crippen LogP contribution in [0.1, 0.15) is 0 Å². The Morgan fingerprint density at radius 2 is 2.23 bits per heavy atom. The van der Waals surface area contributed by atoms with E-state index in [0.29, 0.717) is 11.7 Å². The van der Waals surface area contributed by atoms with Gasteiger partial charge in [-0.05, 0) is 20.2 Å². The molecule has 0 saturated carbocycles. The molecule has 72 valence electrons. The second-order valence-electron chi connectivity index (χ2n) is 3.02. The minimum atomic E-state index is -0.119. The average Bonchev–Trinajstić information content (AvgIpc) is 2.06. The molecule has 0 atom stereocenters. The van der Waals surface area contributed by atoms with Gasteiger partial charge in [-0.2, -0.15) is 5.10 Å². The van der Waals surface area contributed by atoms with Crippen LogP contribution in [-0.4, -0.2) is 35.3 Å². The van der Waals surface area contributed by atoms with Crippen LogP contribution in [0.5, 0.6) is 0 Å². The minimum absolute atomic E-state index is 0.119. The Kier molecular flexibility index (Phi) is 3.45. The Labute approximate surface area is 81.7 Å². The largest absolute Gasteiger partial charge is 0.308 e. The number of halogens is 1. The Hall–Kier alpha value is -0.870. The van der Waals surface area contributed by atoms with Crippen LogP contribution in [0.15, 0.2) is 16.9 Å². The summed E-state index contributed by atoms with van der Waals surface area (Å²) in [6, 6.07) is 2.92. The van der Waals surface area contributed by atoms with Gasteiger partial charge in [0, 0.05) is 12.6 Å². The van der Waals surface area contributed by atoms with Crippen LogP contribution in [-0.2, 0) is 6.54 Å². The third-order valence-electron chi connectivity index (χ3n) is 1.59. The van der Waals surface area contributed by atoms with Gasteiger partial charge in [0.15, 0.2) is 0 Å². The average molecular weight is 202 g/mol. The predicted octanol–water partition coefficient (Wildman–Crippen LogP) is 0.458. The Balaban J connectivity index is 2.76. The highest BCUT2D eigenvalue weighted by molar-refractivity contribution is 6.29. The summed E-state index contributed by atoms with van der Waals surface area (Å²) in [5.41, 5.74) is -0.119. The lowest BCUT2D eigenvalue weighted by Crippen LogP contribution is -2.27. The van der Waals surface area contributed by atoms with Gasteiger partial charge in [-0.1, -0.05) is 11.6 Å². The lowest BCUT2D eigenvalue weighted by atomic mass is 10.5. The molecule has 1 aromatic heterocycles. The van der Waals surface area contributed by atoms with E-state index in [9.17, 15) is 4.79 Å². The van der Waals surface area contributed by atoms with Crippen molar-refractivity contribution in [1.82, 2.24) is 14.7 Å². The van der Waals surface area contributed by atoms with Crippen LogP contribution in [0, 0.1) is 0 Å². The molecule has 13 heavy (non-hydrogen) atoms. The fourth-order valence-corrected chi connectivity index (χ4v) is 1.03. The highest BCUT2D eigenvalue weighted by atomic mass is 35.5. The molecule has 1 aromatic rings. The van der Waals surface area contributed by atoms with Crippen molar-refractivity contribution in [2.75, 3.05) is 20.6 Å². The van der Waals surface area contributed by atoms with E-state index in [0.717, 1.165) is 6.54 Å². The summed E-state index contributed by atoms with van der Waals surface area (Å²) < 4.78 is 1.36. The van der Waals surface area contributed by atoms with Crippen LogP contribution in [0.2, 0.25) is 5.15 Å². The third-order valence-corrected chi connectivity index (χ3v) is 1.79. The molecule has 0 unspecified atom stereocenters. The van der Waals surface area contributed by atoms with Crippen molar-refractivity contribution in [1.29, 1.82) is 0 Å². The molecule has 0 aliphatic rings. The molecular weight excluding hydrogens is 190 g/mol. The molecule has 5 heteroatoms. The minimum Gasteiger partial charge on any atom is -0.308 e. The molecule has 0 radical (unpaired) electrons. The molecule has 0 saturated heterocycles. The Morgan fingerprint density at radius 1 is 1.54 bits per heavy atom. The summed E-state index contributed by atoms with van der Waals surface area (Å²) in [6.45, 7) is 1.33. The van der Waals surface area contributed by atoms with Gasteiger partial charge in [0.05, 0.1) is 6.54 Å². The smallest absolute Gasteiger partial charge is 0.266 e. The molecule has 0 spiro atoms. The predicted molar refractivity (Wildman–Crippen MR) is 52.1 cm³/mol. The lowest BCUT2D eigenvalue weighted by Gasteiger charge is -2.09. The summed E-state index contributed by atoms with van der Waals surface area (Å²) in [5.74, 6) is 0. The molecule has 1 heterocycles. The second kappa shape index (κ2) is 4.39. The number of likely N-dealkylation sites (N-methyl/N-ethyl adjacent to an activating group) is 1. The molecular formula is C8H12ClN3O. The first-order chi connectivity index (χ1) is 6.09. The van der Waals surface area contributed by atoms with Gasteiger partial charge in [-0.15, -0.1) is 0 Å². The summed E-state index contributed by atoms with van der Waals surface area (Å²) in [7, 11) is 3.88. The Morgan fingerprint density at radius 3 is 2.85 bits per heavy atom. The van der Waals surface area contributed by atoms with E-state index in [-0.39, 0.29) is 5.56 Å². The number of aromatic nitrogens is 2. The lowest BCUT2D eigenvalue weighted by molar-refractivity contribution is 0.367. The molecule has 0 bridgehead atoms. The van der Waals surface area contributed by atoms with Gasteiger partial charge in [0.1, 0.15) is 5.15 Å². The van der Waals surface area contributed by atoms with Crippen molar-refractivity contribution in [3.05, 3.63) is 27.6 Å². The van der Waals surface area contributed by atoms with Crippen LogP contribution >= 0.6 is 11.6 Å². The van der Waals surface area contributed by atoms with Gasteiger partial charge in [0.2, 0.25) is 0 Å². The number of hydrogen-bond donors (Lipinski definition) is 0. The fraction of sp³-hybridized carbons (Fsp3) is 0.500. The maximum atomic E-state index is 11.2. The van der Waals surface area contributed by atoms with E-state index in [2.05, 4.69) is 5.10 Å². The molecule has 0 fully saturated rings. The molecule has 0 amide bonds. The van der Waals surface area contributed by atoms with Crippen LogP contribution in [0.3, 0.4) is 0 Å². The van der Waals surface area contributed by atoms with Gasteiger partial charge >= 0.3 is 0 Å². The van der Waals surface area contributed by atoms with Gasteiger partial charge in [-0.3, -0.25) is 4.79 Å². The third kappa shape index (κ3) is 3.16. The SMILES string of the molecule is CN(C)CCn1nc(Cl)ccc1=O. The zero-order chi connectivity index (χ0) is 9.84. The molecule has 0 aliphatic heterocycles. The highest BCUT2D eigenvalue weighted by Crippen LogP contribution is 1.97. The van der Waals surface area contributed by atoms with Crippen molar-refractivity contribution >= 4 is 11.6 Å². The van der Waals surface area contributed by atoms with Gasteiger partial charge in [-0.25, -0.2) is 4.68 Å². The van der Waals surface area contributed by atoms with Crippen LogP contribution in [0.4, 0.5) is 0 Å². The number of rotatable bonds is 3. The first-order valence-corrected chi connectivity index (χ1v) is 4.36. The summed E-state index contributed by atoms with van der Waals surface area (Å²) >= 11 is 5.65. The first-order valence-electron chi connectivity index (χ1n) is 3.98. The highest BCUT2D eigenvalue weighted by Gasteiger charge is 1.98. The van der Waals surface area contributed by atoms with Gasteiger partial charge < -0.3 is 4.90 Å². The zero-order valence-electron chi connectivity index (χ0n) is 7.70. The monoisotopic (exact) mass is 201 g/mol. The summed E-state index contributed by atoms with van der Waals surface area (Å²) in [5, 5.41) is 4.23. The molecule has 4 nitrogen and oxygen atoms in total. The van der Waals surface area contributed by atoms with E-state index >= 15 is 0 Å². The first kappa shape index (κ1) is 10.2. The zero-order valence-corrected chi connectivity index (χ0v) is 8.45. The normalized spacial score (nSPS) is 10.8. The standard InChI is InChI=1S/C8H12ClN3O/c1-11(2)5-6-12-8(13)4-3-7(9)10-12/h3-4H,5-6H2,1-2H3. The van der Waals surface area contributed by atoms with E-state index in [1.807, 2.05) is 19.0 Å². The van der Waals surface area contributed by atoms with Crippen molar-refractivity contribution in [3.63, 3.8) is 0 Å². The van der Waals surface area contributed by atoms with Crippen LogP contribution in [0.25, 0.3) is 0 Å². The number of nitrogens with zero attached hydrogens (tertiary/aromatic N) is 3. The number of hydrogen-bond acceptors (Lipinski definition) is 3. The molecule has 1 rings (SSSR count). The summed E-state index contributed by atoms with van der Waals surface area (Å²) in [4.78, 5) is 13.2. The van der Waals surface area contributed by atoms with Gasteiger partial charge in [0.25, 0.3) is 5.56 Å². The molecule has 0 N–H and O–H groups in total. The van der Waals surface area contributed by atoms with Crippen LogP contribution < -0.4 is 5.56 Å². The topological polar surface area (TPSA) is 38.1 Å². The van der Waals surface area contributed by atoms with Crippen molar-refractivity contribution in [2.24, 2.45) is 0 Å². The molecule has 0 aliphatic carbocycles.